The minimum atomic E-state index is -0.269. The quantitative estimate of drug-likeness (QED) is 0.427. The van der Waals surface area contributed by atoms with E-state index in [0.717, 1.165) is 35.0 Å². The first kappa shape index (κ1) is 21.9. The highest BCUT2D eigenvalue weighted by Crippen LogP contribution is 2.26. The molecule has 170 valence electrons. The summed E-state index contributed by atoms with van der Waals surface area (Å²) >= 11 is 0. The zero-order valence-electron chi connectivity index (χ0n) is 18.7. The van der Waals surface area contributed by atoms with E-state index in [4.69, 9.17) is 0 Å². The van der Waals surface area contributed by atoms with Crippen LogP contribution in [0.3, 0.4) is 0 Å². The van der Waals surface area contributed by atoms with Crippen LogP contribution in [-0.4, -0.2) is 34.9 Å². The van der Waals surface area contributed by atoms with Crippen molar-refractivity contribution in [3.8, 4) is 17.2 Å². The molecular formula is C28H25FN4O. The predicted molar refractivity (Wildman–Crippen MR) is 130 cm³/mol. The largest absolute Gasteiger partial charge is 0.351 e. The number of halogens is 1. The van der Waals surface area contributed by atoms with Gasteiger partial charge < -0.3 is 10.3 Å². The van der Waals surface area contributed by atoms with Crippen LogP contribution in [0.1, 0.15) is 22.5 Å². The lowest BCUT2D eigenvalue weighted by Crippen LogP contribution is -2.39. The van der Waals surface area contributed by atoms with Gasteiger partial charge in [-0.25, -0.2) is 4.39 Å². The number of fused-ring (bicyclic) bond motifs is 1. The summed E-state index contributed by atoms with van der Waals surface area (Å²) in [5, 5.41) is 13.4. The Bertz CT molecular complexity index is 1340. The Morgan fingerprint density at radius 3 is 2.59 bits per heavy atom. The smallest absolute Gasteiger partial charge is 0.267 e. The number of carbonyl (C=O) groups excluding carboxylic acids is 1. The highest BCUT2D eigenvalue weighted by molar-refractivity contribution is 5.98. The van der Waals surface area contributed by atoms with Crippen LogP contribution in [0, 0.1) is 23.1 Å². The predicted octanol–water partition coefficient (Wildman–Crippen LogP) is 5.12. The summed E-state index contributed by atoms with van der Waals surface area (Å²) in [5.74, 6) is -0.461. The van der Waals surface area contributed by atoms with Gasteiger partial charge in [-0.2, -0.15) is 5.26 Å². The Hall–Kier alpha value is -3.95. The third kappa shape index (κ3) is 4.70. The lowest BCUT2D eigenvalue weighted by molar-refractivity contribution is 0.0935. The van der Waals surface area contributed by atoms with Crippen molar-refractivity contribution in [2.45, 2.75) is 19.0 Å². The standard InChI is InChI=1S/C28H25FN4O/c29-24-10-8-21(9-11-24)22-6-7-23-14-27(32-26(23)13-22)28(34)31-16-25-12-20(15-30)18-33(25)17-19-4-2-1-3-5-19/h1-11,13-14,20,25,32H,12,16-18H2,(H,31,34)/t20-,25-/m0/s1. The number of amides is 1. The van der Waals surface area contributed by atoms with E-state index in [1.165, 1.54) is 17.7 Å². The summed E-state index contributed by atoms with van der Waals surface area (Å²) < 4.78 is 13.2. The fourth-order valence-electron chi connectivity index (χ4n) is 4.68. The number of aromatic nitrogens is 1. The molecule has 1 saturated heterocycles. The van der Waals surface area contributed by atoms with Gasteiger partial charge in [0.1, 0.15) is 11.5 Å². The van der Waals surface area contributed by atoms with Crippen LogP contribution in [-0.2, 0) is 6.54 Å². The SMILES string of the molecule is N#C[C@@H]1C[C@@H](CNC(=O)c2cc3ccc(-c4ccc(F)cc4)cc3[nH]2)N(Cc2ccccc2)C1. The van der Waals surface area contributed by atoms with Gasteiger partial charge in [-0.05, 0) is 47.4 Å². The van der Waals surface area contributed by atoms with Crippen LogP contribution in [0.4, 0.5) is 4.39 Å². The molecule has 0 bridgehead atoms. The topological polar surface area (TPSA) is 71.9 Å². The van der Waals surface area contributed by atoms with Crippen LogP contribution >= 0.6 is 0 Å². The third-order valence-corrected chi connectivity index (χ3v) is 6.48. The molecule has 1 amide bonds. The summed E-state index contributed by atoms with van der Waals surface area (Å²) in [6, 6.07) is 26.8. The third-order valence-electron chi connectivity index (χ3n) is 6.48. The van der Waals surface area contributed by atoms with Gasteiger partial charge in [0.15, 0.2) is 0 Å². The molecule has 4 aromatic rings. The van der Waals surface area contributed by atoms with Gasteiger partial charge in [0, 0.05) is 36.6 Å². The number of hydrogen-bond donors (Lipinski definition) is 2. The van der Waals surface area contributed by atoms with Crippen molar-refractivity contribution in [1.82, 2.24) is 15.2 Å². The number of hydrogen-bond acceptors (Lipinski definition) is 3. The zero-order valence-corrected chi connectivity index (χ0v) is 18.7. The molecule has 34 heavy (non-hydrogen) atoms. The Balaban J connectivity index is 1.27. The van der Waals surface area contributed by atoms with Gasteiger partial charge in [0.05, 0.1) is 12.0 Å². The second kappa shape index (κ2) is 9.50. The van der Waals surface area contributed by atoms with Crippen molar-refractivity contribution < 1.29 is 9.18 Å². The molecule has 0 saturated carbocycles. The molecule has 5 nitrogen and oxygen atoms in total. The molecule has 0 radical (unpaired) electrons. The number of likely N-dealkylation sites (tertiary alicyclic amines) is 1. The van der Waals surface area contributed by atoms with E-state index in [-0.39, 0.29) is 23.7 Å². The molecule has 1 aliphatic heterocycles. The summed E-state index contributed by atoms with van der Waals surface area (Å²) in [6.07, 6.45) is 0.747. The fraction of sp³-hybridized carbons (Fsp3) is 0.214. The lowest BCUT2D eigenvalue weighted by atomic mass is 10.0. The Morgan fingerprint density at radius 2 is 1.82 bits per heavy atom. The van der Waals surface area contributed by atoms with E-state index in [1.54, 1.807) is 12.1 Å². The first-order valence-corrected chi connectivity index (χ1v) is 11.4. The van der Waals surface area contributed by atoms with Gasteiger partial charge in [0.25, 0.3) is 5.91 Å². The average Bonchev–Trinajstić information content (AvgIpc) is 3.47. The molecule has 1 fully saturated rings. The van der Waals surface area contributed by atoms with Crippen molar-refractivity contribution >= 4 is 16.8 Å². The summed E-state index contributed by atoms with van der Waals surface area (Å²) in [4.78, 5) is 18.4. The van der Waals surface area contributed by atoms with Crippen LogP contribution in [0.5, 0.6) is 0 Å². The number of rotatable bonds is 6. The second-order valence-electron chi connectivity index (χ2n) is 8.83. The van der Waals surface area contributed by atoms with Crippen molar-refractivity contribution in [3.63, 3.8) is 0 Å². The first-order valence-electron chi connectivity index (χ1n) is 11.4. The van der Waals surface area contributed by atoms with Crippen molar-refractivity contribution in [2.24, 2.45) is 5.92 Å². The van der Waals surface area contributed by atoms with Gasteiger partial charge in [-0.3, -0.25) is 9.69 Å². The summed E-state index contributed by atoms with van der Waals surface area (Å²) in [7, 11) is 0. The number of aromatic amines is 1. The van der Waals surface area contributed by atoms with Crippen LogP contribution < -0.4 is 5.32 Å². The highest BCUT2D eigenvalue weighted by atomic mass is 19.1. The van der Waals surface area contributed by atoms with E-state index in [2.05, 4.69) is 33.4 Å². The van der Waals surface area contributed by atoms with Crippen LogP contribution in [0.15, 0.2) is 78.9 Å². The number of nitriles is 1. The average molecular weight is 453 g/mol. The number of benzene rings is 3. The molecule has 6 heteroatoms. The molecule has 3 aromatic carbocycles. The van der Waals surface area contributed by atoms with E-state index in [0.29, 0.717) is 18.8 Å². The normalized spacial score (nSPS) is 18.1. The van der Waals surface area contributed by atoms with E-state index >= 15 is 0 Å². The minimum Gasteiger partial charge on any atom is -0.351 e. The first-order chi connectivity index (χ1) is 16.6. The maximum absolute atomic E-state index is 13.2. The lowest BCUT2D eigenvalue weighted by Gasteiger charge is -2.24. The Morgan fingerprint density at radius 1 is 1.06 bits per heavy atom. The maximum atomic E-state index is 13.2. The number of nitrogens with zero attached hydrogens (tertiary/aromatic N) is 2. The number of nitrogens with one attached hydrogen (secondary N) is 2. The Labute approximate surface area is 197 Å². The van der Waals surface area contributed by atoms with Crippen molar-refractivity contribution in [3.05, 3.63) is 95.9 Å². The van der Waals surface area contributed by atoms with E-state index < -0.39 is 0 Å². The van der Waals surface area contributed by atoms with E-state index in [1.807, 2.05) is 42.5 Å². The Kier molecular flexibility index (Phi) is 6.11. The van der Waals surface area contributed by atoms with Gasteiger partial charge in [-0.1, -0.05) is 54.6 Å². The molecule has 2 heterocycles. The monoisotopic (exact) mass is 452 g/mol. The van der Waals surface area contributed by atoms with E-state index in [9.17, 15) is 14.4 Å². The minimum absolute atomic E-state index is 0.0245. The fourth-order valence-corrected chi connectivity index (χ4v) is 4.68. The molecule has 2 N–H and O–H groups in total. The highest BCUT2D eigenvalue weighted by Gasteiger charge is 2.32. The molecule has 1 aromatic heterocycles. The van der Waals surface area contributed by atoms with Gasteiger partial charge in [0.2, 0.25) is 0 Å². The second-order valence-corrected chi connectivity index (χ2v) is 8.83. The van der Waals surface area contributed by atoms with Gasteiger partial charge in [-0.15, -0.1) is 0 Å². The zero-order chi connectivity index (χ0) is 23.5. The number of H-pyrrole nitrogens is 1. The molecule has 0 unspecified atom stereocenters. The molecular weight excluding hydrogens is 427 g/mol. The van der Waals surface area contributed by atoms with Gasteiger partial charge >= 0.3 is 0 Å². The van der Waals surface area contributed by atoms with Crippen molar-refractivity contribution in [1.29, 1.82) is 5.26 Å². The molecule has 5 rings (SSSR count). The van der Waals surface area contributed by atoms with Crippen molar-refractivity contribution in [2.75, 3.05) is 13.1 Å². The number of carbonyl (C=O) groups is 1. The van der Waals surface area contributed by atoms with Crippen LogP contribution in [0.2, 0.25) is 0 Å². The molecule has 0 spiro atoms. The molecule has 1 aliphatic rings. The molecule has 0 aliphatic carbocycles. The summed E-state index contributed by atoms with van der Waals surface area (Å²) in [6.45, 7) is 1.96. The van der Waals surface area contributed by atoms with Crippen LogP contribution in [0.25, 0.3) is 22.0 Å². The maximum Gasteiger partial charge on any atom is 0.267 e. The summed E-state index contributed by atoms with van der Waals surface area (Å²) in [5.41, 5.74) is 4.41. The molecule has 2 atom stereocenters.